The summed E-state index contributed by atoms with van der Waals surface area (Å²) in [5.74, 6) is 0.146. The first-order valence-corrected chi connectivity index (χ1v) is 7.92. The maximum absolute atomic E-state index is 12.1. The molecule has 0 aromatic carbocycles. The summed E-state index contributed by atoms with van der Waals surface area (Å²) in [6, 6.07) is 0.129. The van der Waals surface area contributed by atoms with Crippen LogP contribution in [0, 0.1) is 11.8 Å². The third kappa shape index (κ3) is 5.65. The first-order valence-electron chi connectivity index (χ1n) is 7.92. The van der Waals surface area contributed by atoms with Gasteiger partial charge in [0.2, 0.25) is 11.8 Å². The van der Waals surface area contributed by atoms with Gasteiger partial charge < -0.3 is 15.3 Å². The van der Waals surface area contributed by atoms with Gasteiger partial charge in [-0.25, -0.2) is 0 Å². The average molecular weight is 298 g/mol. The minimum absolute atomic E-state index is 0.0386. The molecule has 0 saturated carbocycles. The highest BCUT2D eigenvalue weighted by atomic mass is 16.3. The van der Waals surface area contributed by atoms with Gasteiger partial charge in [-0.1, -0.05) is 13.8 Å². The summed E-state index contributed by atoms with van der Waals surface area (Å²) in [5, 5.41) is 13.1. The summed E-state index contributed by atoms with van der Waals surface area (Å²) >= 11 is 0. The van der Waals surface area contributed by atoms with Crippen molar-refractivity contribution in [3.63, 3.8) is 0 Å². The monoisotopic (exact) mass is 298 g/mol. The molecule has 0 aromatic rings. The fourth-order valence-corrected chi connectivity index (χ4v) is 2.52. The molecule has 2 unspecified atom stereocenters. The van der Waals surface area contributed by atoms with Crippen LogP contribution in [-0.2, 0) is 9.59 Å². The number of carbonyl (C=O) groups excluding carboxylic acids is 2. The summed E-state index contributed by atoms with van der Waals surface area (Å²) in [7, 11) is 0. The number of nitrogens with zero attached hydrogens (tertiary/aromatic N) is 1. The summed E-state index contributed by atoms with van der Waals surface area (Å²) in [4.78, 5) is 25.7. The molecule has 122 valence electrons. The maximum Gasteiger partial charge on any atom is 0.225 e. The fraction of sp³-hybridized carbons (Fsp3) is 0.875. The molecule has 5 nitrogen and oxygen atoms in total. The van der Waals surface area contributed by atoms with Gasteiger partial charge in [0.05, 0.1) is 11.5 Å². The smallest absolute Gasteiger partial charge is 0.225 e. The largest absolute Gasteiger partial charge is 0.388 e. The first-order chi connectivity index (χ1) is 9.62. The molecular weight excluding hydrogens is 268 g/mol. The van der Waals surface area contributed by atoms with E-state index >= 15 is 0 Å². The van der Waals surface area contributed by atoms with Gasteiger partial charge in [-0.15, -0.1) is 0 Å². The minimum atomic E-state index is -0.889. The standard InChI is InChI=1S/C16H30N2O3/c1-11(2)6-7-16(5,21)10-17-15(20)13-8-14(19)18(9-13)12(3)4/h11-13,21H,6-10H2,1-5H3,(H,17,20). The number of amides is 2. The second-order valence-corrected chi connectivity index (χ2v) is 7.19. The molecule has 2 amide bonds. The van der Waals surface area contributed by atoms with Gasteiger partial charge >= 0.3 is 0 Å². The van der Waals surface area contributed by atoms with E-state index in [0.717, 1.165) is 6.42 Å². The van der Waals surface area contributed by atoms with Crippen LogP contribution in [0.5, 0.6) is 0 Å². The lowest BCUT2D eigenvalue weighted by atomic mass is 9.95. The highest BCUT2D eigenvalue weighted by Gasteiger charge is 2.36. The molecule has 0 spiro atoms. The number of hydrogen-bond acceptors (Lipinski definition) is 3. The van der Waals surface area contributed by atoms with Crippen LogP contribution < -0.4 is 5.32 Å². The Morgan fingerprint density at radius 2 is 2.05 bits per heavy atom. The van der Waals surface area contributed by atoms with Gasteiger partial charge in [0.15, 0.2) is 0 Å². The Bertz CT molecular complexity index is 378. The van der Waals surface area contributed by atoms with Crippen molar-refractivity contribution in [3.05, 3.63) is 0 Å². The Morgan fingerprint density at radius 1 is 1.43 bits per heavy atom. The third-order valence-corrected chi connectivity index (χ3v) is 4.06. The van der Waals surface area contributed by atoms with E-state index in [-0.39, 0.29) is 36.7 Å². The zero-order valence-corrected chi connectivity index (χ0v) is 14.0. The van der Waals surface area contributed by atoms with Crippen LogP contribution >= 0.6 is 0 Å². The quantitative estimate of drug-likeness (QED) is 0.749. The molecule has 1 rings (SSSR count). The van der Waals surface area contributed by atoms with Crippen LogP contribution in [0.2, 0.25) is 0 Å². The van der Waals surface area contributed by atoms with E-state index in [1.807, 2.05) is 13.8 Å². The number of nitrogens with one attached hydrogen (secondary N) is 1. The Morgan fingerprint density at radius 3 is 2.52 bits per heavy atom. The van der Waals surface area contributed by atoms with Crippen LogP contribution in [0.1, 0.15) is 53.9 Å². The van der Waals surface area contributed by atoms with Crippen molar-refractivity contribution in [3.8, 4) is 0 Å². The lowest BCUT2D eigenvalue weighted by molar-refractivity contribution is -0.130. The minimum Gasteiger partial charge on any atom is -0.388 e. The van der Waals surface area contributed by atoms with Crippen molar-refractivity contribution in [1.82, 2.24) is 10.2 Å². The SMILES string of the molecule is CC(C)CCC(C)(O)CNC(=O)C1CC(=O)N(C(C)C)C1. The highest BCUT2D eigenvalue weighted by Crippen LogP contribution is 2.21. The van der Waals surface area contributed by atoms with Crippen LogP contribution in [0.3, 0.4) is 0 Å². The zero-order valence-electron chi connectivity index (χ0n) is 14.0. The zero-order chi connectivity index (χ0) is 16.2. The molecule has 1 aliphatic rings. The molecule has 5 heteroatoms. The normalized spacial score (nSPS) is 22.0. The molecule has 1 saturated heterocycles. The molecule has 1 fully saturated rings. The van der Waals surface area contributed by atoms with Gasteiger partial charge in [-0.3, -0.25) is 9.59 Å². The number of likely N-dealkylation sites (tertiary alicyclic amines) is 1. The molecule has 0 aromatic heterocycles. The van der Waals surface area contributed by atoms with Gasteiger partial charge in [-0.2, -0.15) is 0 Å². The van der Waals surface area contributed by atoms with Crippen molar-refractivity contribution in [1.29, 1.82) is 0 Å². The second-order valence-electron chi connectivity index (χ2n) is 7.19. The fourth-order valence-electron chi connectivity index (χ4n) is 2.52. The average Bonchev–Trinajstić information content (AvgIpc) is 2.76. The van der Waals surface area contributed by atoms with Crippen LogP contribution in [0.15, 0.2) is 0 Å². The van der Waals surface area contributed by atoms with Crippen molar-refractivity contribution >= 4 is 11.8 Å². The van der Waals surface area contributed by atoms with Gasteiger partial charge in [0.25, 0.3) is 0 Å². The van der Waals surface area contributed by atoms with E-state index in [2.05, 4.69) is 19.2 Å². The van der Waals surface area contributed by atoms with Crippen molar-refractivity contribution in [2.75, 3.05) is 13.1 Å². The lowest BCUT2D eigenvalue weighted by Gasteiger charge is -2.25. The topological polar surface area (TPSA) is 69.6 Å². The number of carbonyl (C=O) groups is 2. The van der Waals surface area contributed by atoms with Crippen LogP contribution in [0.4, 0.5) is 0 Å². The Kier molecular flexibility index (Phi) is 6.20. The molecule has 1 heterocycles. The third-order valence-electron chi connectivity index (χ3n) is 4.06. The molecule has 2 atom stereocenters. The number of rotatable bonds is 7. The van der Waals surface area contributed by atoms with E-state index in [1.54, 1.807) is 11.8 Å². The van der Waals surface area contributed by atoms with Crippen molar-refractivity contribution < 1.29 is 14.7 Å². The van der Waals surface area contributed by atoms with Crippen LogP contribution in [-0.4, -0.2) is 46.6 Å². The van der Waals surface area contributed by atoms with E-state index in [0.29, 0.717) is 18.9 Å². The van der Waals surface area contributed by atoms with E-state index in [1.165, 1.54) is 0 Å². The molecular formula is C16H30N2O3. The molecule has 2 N–H and O–H groups in total. The van der Waals surface area contributed by atoms with Gasteiger partial charge in [0.1, 0.15) is 0 Å². The summed E-state index contributed by atoms with van der Waals surface area (Å²) in [6.07, 6.45) is 1.86. The van der Waals surface area contributed by atoms with Crippen molar-refractivity contribution in [2.45, 2.75) is 65.5 Å². The summed E-state index contributed by atoms with van der Waals surface area (Å²) < 4.78 is 0. The Hall–Kier alpha value is -1.10. The molecule has 0 aliphatic carbocycles. The van der Waals surface area contributed by atoms with E-state index < -0.39 is 5.60 Å². The van der Waals surface area contributed by atoms with Crippen LogP contribution in [0.25, 0.3) is 0 Å². The molecule has 21 heavy (non-hydrogen) atoms. The second kappa shape index (κ2) is 7.25. The van der Waals surface area contributed by atoms with E-state index in [9.17, 15) is 14.7 Å². The maximum atomic E-state index is 12.1. The number of aliphatic hydroxyl groups is 1. The molecule has 0 radical (unpaired) electrons. The first kappa shape index (κ1) is 18.0. The van der Waals surface area contributed by atoms with Crippen molar-refractivity contribution in [2.24, 2.45) is 11.8 Å². The molecule has 0 bridgehead atoms. The Labute approximate surface area is 128 Å². The predicted molar refractivity (Wildman–Crippen MR) is 82.7 cm³/mol. The van der Waals surface area contributed by atoms with Gasteiger partial charge in [-0.05, 0) is 39.5 Å². The number of hydrogen-bond donors (Lipinski definition) is 2. The van der Waals surface area contributed by atoms with E-state index in [4.69, 9.17) is 0 Å². The Balaban J connectivity index is 2.42. The highest BCUT2D eigenvalue weighted by molar-refractivity contribution is 5.89. The van der Waals surface area contributed by atoms with Gasteiger partial charge in [0, 0.05) is 25.6 Å². The lowest BCUT2D eigenvalue weighted by Crippen LogP contribution is -2.43. The summed E-state index contributed by atoms with van der Waals surface area (Å²) in [6.45, 7) is 10.6. The summed E-state index contributed by atoms with van der Waals surface area (Å²) in [5.41, 5.74) is -0.889. The molecule has 1 aliphatic heterocycles. The predicted octanol–water partition coefficient (Wildman–Crippen LogP) is 1.55.